The van der Waals surface area contributed by atoms with Crippen LogP contribution in [0.15, 0.2) is 18.2 Å². The van der Waals surface area contributed by atoms with Crippen LogP contribution in [0.25, 0.3) is 0 Å². The van der Waals surface area contributed by atoms with Gasteiger partial charge in [-0.25, -0.2) is 4.79 Å². The molecule has 3 N–H and O–H groups in total. The number of nitrogens with one attached hydrogen (secondary N) is 3. The van der Waals surface area contributed by atoms with Crippen molar-refractivity contribution < 1.29 is 14.5 Å². The zero-order valence-corrected chi connectivity index (χ0v) is 13.1. The number of likely N-dealkylation sites (N-methyl/N-ethyl adjacent to an activating group) is 1. The zero-order valence-electron chi connectivity index (χ0n) is 11.6. The average Bonchev–Trinajstić information content (AvgIpc) is 2.42. The van der Waals surface area contributed by atoms with Crippen molar-refractivity contribution in [1.29, 1.82) is 0 Å². The lowest BCUT2D eigenvalue weighted by atomic mass is 10.2. The second kappa shape index (κ2) is 7.47. The van der Waals surface area contributed by atoms with Gasteiger partial charge in [0, 0.05) is 12.6 Å². The largest absolute Gasteiger partial charge is 0.341 e. The van der Waals surface area contributed by atoms with Crippen LogP contribution in [0.1, 0.15) is 12.5 Å². The molecule has 0 aliphatic rings. The molecular weight excluding hydrogens is 301 g/mol. The van der Waals surface area contributed by atoms with Gasteiger partial charge in [-0.05, 0) is 13.0 Å². The van der Waals surface area contributed by atoms with Crippen molar-refractivity contribution in [2.75, 3.05) is 14.1 Å². The van der Waals surface area contributed by atoms with Crippen molar-refractivity contribution in [2.45, 2.75) is 19.5 Å². The summed E-state index contributed by atoms with van der Waals surface area (Å²) in [4.78, 5) is 23.9. The van der Waals surface area contributed by atoms with E-state index in [1.165, 1.54) is 7.05 Å². The van der Waals surface area contributed by atoms with Gasteiger partial charge in [0.05, 0.1) is 17.1 Å². The van der Waals surface area contributed by atoms with E-state index in [1.54, 1.807) is 13.0 Å². The molecule has 7 heteroatoms. The quantitative estimate of drug-likeness (QED) is 0.771. The molecule has 0 bridgehead atoms. The van der Waals surface area contributed by atoms with Gasteiger partial charge in [-0.3, -0.25) is 10.1 Å². The summed E-state index contributed by atoms with van der Waals surface area (Å²) in [5.41, 5.74) is 0.858. The number of quaternary nitrogens is 1. The molecule has 1 aromatic rings. The second-order valence-electron chi connectivity index (χ2n) is 4.53. The maximum absolute atomic E-state index is 11.8. The lowest BCUT2D eigenvalue weighted by Crippen LogP contribution is -3.12. The van der Waals surface area contributed by atoms with Crippen molar-refractivity contribution in [3.05, 3.63) is 33.8 Å². The molecular formula is C13H18Cl2N3O2+. The van der Waals surface area contributed by atoms with Gasteiger partial charge < -0.3 is 10.2 Å². The standard InChI is InChI=1S/C13H17Cl2N3O2/c1-8(12(19)17-13(20)16-2)18(3)7-9-5-4-6-10(14)11(9)15/h4-6,8H,7H2,1-3H3,(H2,16,17,19,20)/p+1/t8-/m0/s1. The number of hydrogen-bond acceptors (Lipinski definition) is 2. The number of imide groups is 1. The number of hydrogen-bond donors (Lipinski definition) is 3. The Balaban J connectivity index is 2.70. The van der Waals surface area contributed by atoms with Crippen molar-refractivity contribution in [3.8, 4) is 0 Å². The Bertz CT molecular complexity index is 508. The molecule has 110 valence electrons. The highest BCUT2D eigenvalue weighted by atomic mass is 35.5. The lowest BCUT2D eigenvalue weighted by molar-refractivity contribution is -0.908. The van der Waals surface area contributed by atoms with E-state index in [0.29, 0.717) is 16.6 Å². The average molecular weight is 319 g/mol. The first-order valence-corrected chi connectivity index (χ1v) is 6.90. The van der Waals surface area contributed by atoms with Gasteiger partial charge >= 0.3 is 6.03 Å². The Morgan fingerprint density at radius 1 is 1.35 bits per heavy atom. The summed E-state index contributed by atoms with van der Waals surface area (Å²) >= 11 is 12.1. The topological polar surface area (TPSA) is 62.6 Å². The van der Waals surface area contributed by atoms with Gasteiger partial charge in [-0.1, -0.05) is 35.3 Å². The first-order chi connectivity index (χ1) is 9.36. The number of rotatable bonds is 4. The number of halogens is 2. The summed E-state index contributed by atoms with van der Waals surface area (Å²) in [6.45, 7) is 2.27. The molecule has 5 nitrogen and oxygen atoms in total. The molecule has 0 saturated heterocycles. The van der Waals surface area contributed by atoms with Crippen LogP contribution in [0, 0.1) is 0 Å². The third-order valence-electron chi connectivity index (χ3n) is 3.10. The fraction of sp³-hybridized carbons (Fsp3) is 0.385. The Morgan fingerprint density at radius 2 is 2.00 bits per heavy atom. The fourth-order valence-electron chi connectivity index (χ4n) is 1.64. The highest BCUT2D eigenvalue weighted by Crippen LogP contribution is 2.24. The van der Waals surface area contributed by atoms with Crippen LogP contribution in [0.2, 0.25) is 10.0 Å². The number of carbonyl (C=O) groups is 2. The van der Waals surface area contributed by atoms with Crippen LogP contribution in [0.5, 0.6) is 0 Å². The van der Waals surface area contributed by atoms with E-state index < -0.39 is 12.1 Å². The molecule has 0 saturated carbocycles. The predicted octanol–water partition coefficient (Wildman–Crippen LogP) is 0.852. The monoisotopic (exact) mass is 318 g/mol. The Labute approximate surface area is 128 Å². The smallest absolute Gasteiger partial charge is 0.321 e. The lowest BCUT2D eigenvalue weighted by Gasteiger charge is -2.21. The summed E-state index contributed by atoms with van der Waals surface area (Å²) in [6.07, 6.45) is 0. The molecule has 0 radical (unpaired) electrons. The van der Waals surface area contributed by atoms with Gasteiger partial charge in [0.1, 0.15) is 6.54 Å². The molecule has 0 spiro atoms. The molecule has 0 fully saturated rings. The van der Waals surface area contributed by atoms with E-state index in [-0.39, 0.29) is 5.91 Å². The minimum atomic E-state index is -0.518. The SMILES string of the molecule is CNC(=O)NC(=O)[C@H](C)[NH+](C)Cc1cccc(Cl)c1Cl. The Kier molecular flexibility index (Phi) is 6.26. The summed E-state index contributed by atoms with van der Waals surface area (Å²) in [6, 6.07) is 4.47. The van der Waals surface area contributed by atoms with E-state index >= 15 is 0 Å². The van der Waals surface area contributed by atoms with Gasteiger partial charge in [0.2, 0.25) is 0 Å². The number of urea groups is 1. The normalized spacial score (nSPS) is 13.4. The second-order valence-corrected chi connectivity index (χ2v) is 5.31. The van der Waals surface area contributed by atoms with Gasteiger partial charge in [0.25, 0.3) is 5.91 Å². The molecule has 2 atom stereocenters. The third-order valence-corrected chi connectivity index (χ3v) is 3.96. The first-order valence-electron chi connectivity index (χ1n) is 6.14. The van der Waals surface area contributed by atoms with E-state index in [0.717, 1.165) is 10.5 Å². The molecule has 0 aromatic heterocycles. The van der Waals surface area contributed by atoms with Crippen molar-refractivity contribution in [1.82, 2.24) is 10.6 Å². The third kappa shape index (κ3) is 4.37. The zero-order chi connectivity index (χ0) is 15.3. The van der Waals surface area contributed by atoms with Crippen molar-refractivity contribution in [2.24, 2.45) is 0 Å². The van der Waals surface area contributed by atoms with Gasteiger partial charge in [0.15, 0.2) is 6.04 Å². The number of carbonyl (C=O) groups excluding carboxylic acids is 2. The van der Waals surface area contributed by atoms with Crippen LogP contribution in [0.4, 0.5) is 4.79 Å². The van der Waals surface area contributed by atoms with E-state index in [9.17, 15) is 9.59 Å². The van der Waals surface area contributed by atoms with E-state index in [2.05, 4.69) is 10.6 Å². The maximum atomic E-state index is 11.8. The molecule has 1 rings (SSSR count). The Morgan fingerprint density at radius 3 is 2.60 bits per heavy atom. The first kappa shape index (κ1) is 16.8. The summed E-state index contributed by atoms with van der Waals surface area (Å²) < 4.78 is 0. The number of benzene rings is 1. The van der Waals surface area contributed by atoms with E-state index in [1.807, 2.05) is 19.2 Å². The van der Waals surface area contributed by atoms with Crippen LogP contribution in [-0.4, -0.2) is 32.1 Å². The predicted molar refractivity (Wildman–Crippen MR) is 79.1 cm³/mol. The highest BCUT2D eigenvalue weighted by molar-refractivity contribution is 6.42. The van der Waals surface area contributed by atoms with E-state index in [4.69, 9.17) is 23.2 Å². The molecule has 0 heterocycles. The molecule has 0 aliphatic carbocycles. The summed E-state index contributed by atoms with van der Waals surface area (Å²) in [5.74, 6) is -0.347. The molecule has 1 unspecified atom stereocenters. The van der Waals surface area contributed by atoms with Crippen molar-refractivity contribution in [3.63, 3.8) is 0 Å². The van der Waals surface area contributed by atoms with Crippen LogP contribution in [0.3, 0.4) is 0 Å². The van der Waals surface area contributed by atoms with Gasteiger partial charge in [-0.15, -0.1) is 0 Å². The summed E-state index contributed by atoms with van der Waals surface area (Å²) in [7, 11) is 3.31. The molecule has 20 heavy (non-hydrogen) atoms. The van der Waals surface area contributed by atoms with Crippen molar-refractivity contribution >= 4 is 35.1 Å². The molecule has 3 amide bonds. The summed E-state index contributed by atoms with van der Waals surface area (Å²) in [5, 5.41) is 5.57. The fourth-order valence-corrected chi connectivity index (χ4v) is 2.03. The highest BCUT2D eigenvalue weighted by Gasteiger charge is 2.24. The number of amides is 3. The minimum Gasteiger partial charge on any atom is -0.341 e. The van der Waals surface area contributed by atoms with Crippen LogP contribution in [-0.2, 0) is 11.3 Å². The van der Waals surface area contributed by atoms with Crippen LogP contribution < -0.4 is 15.5 Å². The minimum absolute atomic E-state index is 0.347. The Hall–Kier alpha value is -1.30. The maximum Gasteiger partial charge on any atom is 0.321 e. The molecule has 0 aliphatic heterocycles. The molecule has 1 aromatic carbocycles. The van der Waals surface area contributed by atoms with Gasteiger partial charge in [-0.2, -0.15) is 0 Å². The van der Waals surface area contributed by atoms with Crippen LogP contribution >= 0.6 is 23.2 Å².